The minimum atomic E-state index is -4.33. The molecule has 1 fully saturated rings. The Morgan fingerprint density at radius 2 is 1.82 bits per heavy atom. The van der Waals surface area contributed by atoms with E-state index in [0.29, 0.717) is 24.0 Å². The first-order valence-corrected chi connectivity index (χ1v) is 5.67. The molecule has 90 valence electrons. The number of ketones is 1. The molecule has 1 aromatic rings. The van der Waals surface area contributed by atoms with Gasteiger partial charge in [-0.05, 0) is 43.4 Å². The van der Waals surface area contributed by atoms with Gasteiger partial charge in [0.25, 0.3) is 0 Å². The van der Waals surface area contributed by atoms with Crippen molar-refractivity contribution in [2.75, 3.05) is 0 Å². The van der Waals surface area contributed by atoms with E-state index in [9.17, 15) is 18.0 Å². The molecule has 0 aliphatic heterocycles. The van der Waals surface area contributed by atoms with Crippen molar-refractivity contribution in [2.24, 2.45) is 5.41 Å². The van der Waals surface area contributed by atoms with Gasteiger partial charge < -0.3 is 0 Å². The van der Waals surface area contributed by atoms with Crippen molar-refractivity contribution >= 4 is 5.78 Å². The maximum atomic E-state index is 12.5. The molecule has 2 aliphatic rings. The van der Waals surface area contributed by atoms with Crippen LogP contribution >= 0.6 is 0 Å². The Morgan fingerprint density at radius 1 is 1.12 bits per heavy atom. The maximum absolute atomic E-state index is 12.5. The van der Waals surface area contributed by atoms with E-state index in [4.69, 9.17) is 0 Å². The van der Waals surface area contributed by atoms with Crippen LogP contribution in [-0.4, -0.2) is 5.78 Å². The molecule has 4 heteroatoms. The Balaban J connectivity index is 2.04. The largest absolute Gasteiger partial charge is 0.416 e. The molecule has 0 unspecified atom stereocenters. The number of Topliss-reactive ketones (excluding diaryl/α,β-unsaturated/α-hetero) is 1. The van der Waals surface area contributed by atoms with E-state index in [2.05, 4.69) is 0 Å². The van der Waals surface area contributed by atoms with E-state index in [1.54, 1.807) is 0 Å². The Morgan fingerprint density at radius 3 is 2.41 bits per heavy atom. The molecule has 3 rings (SSSR count). The second-order valence-electron chi connectivity index (χ2n) is 4.98. The number of rotatable bonds is 0. The summed E-state index contributed by atoms with van der Waals surface area (Å²) in [6.07, 6.45) is -1.24. The molecule has 0 saturated heterocycles. The zero-order valence-corrected chi connectivity index (χ0v) is 9.10. The molecule has 17 heavy (non-hydrogen) atoms. The summed E-state index contributed by atoms with van der Waals surface area (Å²) >= 11 is 0. The molecule has 0 aromatic heterocycles. The van der Waals surface area contributed by atoms with Crippen LogP contribution in [0.15, 0.2) is 18.2 Å². The second-order valence-corrected chi connectivity index (χ2v) is 4.98. The van der Waals surface area contributed by atoms with Crippen molar-refractivity contribution in [1.29, 1.82) is 0 Å². The van der Waals surface area contributed by atoms with Gasteiger partial charge in [0.2, 0.25) is 0 Å². The highest BCUT2D eigenvalue weighted by molar-refractivity contribution is 6.04. The van der Waals surface area contributed by atoms with Crippen molar-refractivity contribution in [2.45, 2.75) is 31.9 Å². The van der Waals surface area contributed by atoms with Gasteiger partial charge in [-0.1, -0.05) is 6.07 Å². The number of hydrogen-bond donors (Lipinski definition) is 0. The van der Waals surface area contributed by atoms with Gasteiger partial charge in [-0.25, -0.2) is 0 Å². The first-order chi connectivity index (χ1) is 7.92. The van der Waals surface area contributed by atoms with Gasteiger partial charge in [0.1, 0.15) is 0 Å². The normalized spacial score (nSPS) is 21.5. The maximum Gasteiger partial charge on any atom is 0.416 e. The molecule has 0 radical (unpaired) electrons. The fraction of sp³-hybridized carbons (Fsp3) is 0.462. The number of halogens is 3. The molecular formula is C13H11F3O. The number of benzene rings is 1. The van der Waals surface area contributed by atoms with Gasteiger partial charge >= 0.3 is 6.18 Å². The SMILES string of the molecule is O=C1c2ccc(C(F)(F)F)cc2CCC12CC2. The number of hydrogen-bond acceptors (Lipinski definition) is 1. The Labute approximate surface area is 96.6 Å². The number of alkyl halides is 3. The third kappa shape index (κ3) is 1.58. The van der Waals surface area contributed by atoms with Gasteiger partial charge in [-0.3, -0.25) is 4.79 Å². The predicted molar refractivity (Wildman–Crippen MR) is 55.8 cm³/mol. The van der Waals surface area contributed by atoms with E-state index in [-0.39, 0.29) is 11.2 Å². The summed E-state index contributed by atoms with van der Waals surface area (Å²) < 4.78 is 37.6. The lowest BCUT2D eigenvalue weighted by molar-refractivity contribution is -0.137. The highest BCUT2D eigenvalue weighted by atomic mass is 19.4. The molecule has 1 nitrogen and oxygen atoms in total. The highest BCUT2D eigenvalue weighted by Gasteiger charge is 2.51. The monoisotopic (exact) mass is 240 g/mol. The average Bonchev–Trinajstić information content (AvgIpc) is 3.03. The van der Waals surface area contributed by atoms with E-state index in [1.807, 2.05) is 0 Å². The molecule has 1 aromatic carbocycles. The van der Waals surface area contributed by atoms with Crippen molar-refractivity contribution in [3.05, 3.63) is 34.9 Å². The average molecular weight is 240 g/mol. The zero-order valence-electron chi connectivity index (χ0n) is 9.10. The summed E-state index contributed by atoms with van der Waals surface area (Å²) in [5, 5.41) is 0. The molecule has 0 amide bonds. The Hall–Kier alpha value is -1.32. The third-order valence-corrected chi connectivity index (χ3v) is 3.89. The Kier molecular flexibility index (Phi) is 1.98. The highest BCUT2D eigenvalue weighted by Crippen LogP contribution is 2.54. The van der Waals surface area contributed by atoms with Crippen LogP contribution in [0.4, 0.5) is 13.2 Å². The summed E-state index contributed by atoms with van der Waals surface area (Å²) in [5.41, 5.74) is 0.187. The first kappa shape index (κ1) is 10.8. The van der Waals surface area contributed by atoms with Crippen molar-refractivity contribution < 1.29 is 18.0 Å². The van der Waals surface area contributed by atoms with Gasteiger partial charge in [-0.2, -0.15) is 13.2 Å². The minimum absolute atomic E-state index is 0.0486. The van der Waals surface area contributed by atoms with Crippen LogP contribution in [0.5, 0.6) is 0 Å². The van der Waals surface area contributed by atoms with Crippen LogP contribution in [0.1, 0.15) is 40.7 Å². The molecular weight excluding hydrogens is 229 g/mol. The van der Waals surface area contributed by atoms with E-state index in [0.717, 1.165) is 25.0 Å². The zero-order chi connectivity index (χ0) is 12.3. The summed E-state index contributed by atoms with van der Waals surface area (Å²) in [6.45, 7) is 0. The molecule has 1 spiro atoms. The van der Waals surface area contributed by atoms with Crippen molar-refractivity contribution in [1.82, 2.24) is 0 Å². The third-order valence-electron chi connectivity index (χ3n) is 3.89. The predicted octanol–water partition coefficient (Wildman–Crippen LogP) is 3.61. The molecule has 1 saturated carbocycles. The van der Waals surface area contributed by atoms with E-state index in [1.165, 1.54) is 6.07 Å². The van der Waals surface area contributed by atoms with Crippen LogP contribution in [0.3, 0.4) is 0 Å². The number of aryl methyl sites for hydroxylation is 1. The minimum Gasteiger partial charge on any atom is -0.294 e. The van der Waals surface area contributed by atoms with Crippen LogP contribution in [0.25, 0.3) is 0 Å². The van der Waals surface area contributed by atoms with Gasteiger partial charge in [0.05, 0.1) is 5.56 Å². The van der Waals surface area contributed by atoms with Crippen LogP contribution in [-0.2, 0) is 12.6 Å². The van der Waals surface area contributed by atoms with E-state index < -0.39 is 11.7 Å². The number of carbonyl (C=O) groups is 1. The first-order valence-electron chi connectivity index (χ1n) is 5.67. The number of carbonyl (C=O) groups excluding carboxylic acids is 1. The van der Waals surface area contributed by atoms with Crippen molar-refractivity contribution in [3.63, 3.8) is 0 Å². The molecule has 0 N–H and O–H groups in total. The second kappa shape index (κ2) is 3.12. The quantitative estimate of drug-likeness (QED) is 0.677. The molecule has 0 atom stereocenters. The Bertz CT molecular complexity index is 498. The standard InChI is InChI=1S/C13H11F3O/c14-13(15,16)9-1-2-10-8(7-9)3-4-12(5-6-12)11(10)17/h1-2,7H,3-6H2. The topological polar surface area (TPSA) is 17.1 Å². The van der Waals surface area contributed by atoms with Crippen LogP contribution in [0.2, 0.25) is 0 Å². The van der Waals surface area contributed by atoms with Crippen LogP contribution < -0.4 is 0 Å². The fourth-order valence-corrected chi connectivity index (χ4v) is 2.60. The van der Waals surface area contributed by atoms with Crippen LogP contribution in [0, 0.1) is 5.41 Å². The smallest absolute Gasteiger partial charge is 0.294 e. The summed E-state index contributed by atoms with van der Waals surface area (Å²) in [4.78, 5) is 12.1. The van der Waals surface area contributed by atoms with Gasteiger partial charge in [0.15, 0.2) is 5.78 Å². The number of fused-ring (bicyclic) bond motifs is 1. The molecule has 0 heterocycles. The summed E-state index contributed by atoms with van der Waals surface area (Å²) in [5.74, 6) is 0.0486. The lowest BCUT2D eigenvalue weighted by Crippen LogP contribution is -2.24. The molecule has 2 aliphatic carbocycles. The summed E-state index contributed by atoms with van der Waals surface area (Å²) in [6, 6.07) is 3.49. The summed E-state index contributed by atoms with van der Waals surface area (Å²) in [7, 11) is 0. The van der Waals surface area contributed by atoms with Gasteiger partial charge in [-0.15, -0.1) is 0 Å². The van der Waals surface area contributed by atoms with Crippen molar-refractivity contribution in [3.8, 4) is 0 Å². The molecule has 0 bridgehead atoms. The lowest BCUT2D eigenvalue weighted by atomic mass is 9.80. The van der Waals surface area contributed by atoms with Gasteiger partial charge in [0, 0.05) is 11.0 Å². The van der Waals surface area contributed by atoms with E-state index >= 15 is 0 Å². The lowest BCUT2D eigenvalue weighted by Gasteiger charge is -2.23. The fourth-order valence-electron chi connectivity index (χ4n) is 2.60.